The third-order valence-electron chi connectivity index (χ3n) is 3.05. The molecule has 0 amide bonds. The van der Waals surface area contributed by atoms with Crippen LogP contribution in [0.2, 0.25) is 0 Å². The van der Waals surface area contributed by atoms with Crippen molar-refractivity contribution in [1.29, 1.82) is 0 Å². The van der Waals surface area contributed by atoms with Crippen LogP contribution in [0.5, 0.6) is 0 Å². The van der Waals surface area contributed by atoms with Crippen LogP contribution in [-0.2, 0) is 0 Å². The van der Waals surface area contributed by atoms with Gasteiger partial charge in [-0.05, 0) is 37.4 Å². The lowest BCUT2D eigenvalue weighted by atomic mass is 10.0. The molecule has 16 heavy (non-hydrogen) atoms. The predicted octanol–water partition coefficient (Wildman–Crippen LogP) is 2.77. The highest BCUT2D eigenvalue weighted by Gasteiger charge is 2.14. The number of nitrogens with zero attached hydrogens (tertiary/aromatic N) is 1. The van der Waals surface area contributed by atoms with E-state index in [1.165, 1.54) is 25.9 Å². The fraction of sp³-hybridized carbons (Fsp3) is 0.467. The van der Waals surface area contributed by atoms with Crippen LogP contribution >= 0.6 is 0 Å². The molecule has 1 aliphatic rings. The molecule has 1 atom stereocenters. The van der Waals surface area contributed by atoms with Gasteiger partial charge in [-0.15, -0.1) is 0 Å². The molecule has 1 fully saturated rings. The summed E-state index contributed by atoms with van der Waals surface area (Å²) in [6, 6.07) is 10.2. The first kappa shape index (κ1) is 11.2. The smallest absolute Gasteiger partial charge is 0.0605 e. The molecule has 0 radical (unpaired) electrons. The topological polar surface area (TPSA) is 3.24 Å². The maximum Gasteiger partial charge on any atom is 0.0605 e. The van der Waals surface area contributed by atoms with Crippen molar-refractivity contribution in [2.75, 3.05) is 19.6 Å². The first-order valence-electron chi connectivity index (χ1n) is 6.11. The molecule has 0 bridgehead atoms. The summed E-state index contributed by atoms with van der Waals surface area (Å²) >= 11 is 0. The minimum Gasteiger partial charge on any atom is -0.292 e. The van der Waals surface area contributed by atoms with Crippen molar-refractivity contribution in [1.82, 2.24) is 4.90 Å². The van der Waals surface area contributed by atoms with E-state index in [0.717, 1.165) is 18.0 Å². The second-order valence-corrected chi connectivity index (χ2v) is 4.65. The van der Waals surface area contributed by atoms with Gasteiger partial charge in [0.15, 0.2) is 0 Å². The van der Waals surface area contributed by atoms with Crippen LogP contribution in [0.3, 0.4) is 0 Å². The Morgan fingerprint density at radius 2 is 2.12 bits per heavy atom. The zero-order valence-corrected chi connectivity index (χ0v) is 9.95. The average Bonchev–Trinajstić information content (AvgIpc) is 2.30. The Labute approximate surface area is 98.5 Å². The van der Waals surface area contributed by atoms with Crippen LogP contribution in [0, 0.1) is 17.8 Å². The molecule has 0 saturated carbocycles. The molecule has 2 rings (SSSR count). The van der Waals surface area contributed by atoms with Gasteiger partial charge in [-0.1, -0.05) is 37.0 Å². The zero-order chi connectivity index (χ0) is 11.2. The van der Waals surface area contributed by atoms with Crippen molar-refractivity contribution in [3.63, 3.8) is 0 Å². The molecule has 0 aliphatic carbocycles. The van der Waals surface area contributed by atoms with Gasteiger partial charge in [0.2, 0.25) is 0 Å². The van der Waals surface area contributed by atoms with Gasteiger partial charge in [-0.25, -0.2) is 0 Å². The number of hydrogen-bond donors (Lipinski definition) is 0. The normalized spacial score (nSPS) is 21.2. The first-order chi connectivity index (χ1) is 7.84. The summed E-state index contributed by atoms with van der Waals surface area (Å²) in [6.45, 7) is 5.67. The maximum absolute atomic E-state index is 3.27. The highest BCUT2D eigenvalue weighted by Crippen LogP contribution is 2.14. The minimum absolute atomic E-state index is 0.840. The van der Waals surface area contributed by atoms with E-state index in [0.29, 0.717) is 0 Å². The van der Waals surface area contributed by atoms with Crippen molar-refractivity contribution in [3.8, 4) is 11.8 Å². The van der Waals surface area contributed by atoms with Crippen LogP contribution in [0.1, 0.15) is 25.3 Å². The molecular weight excluding hydrogens is 194 g/mol. The van der Waals surface area contributed by atoms with E-state index in [4.69, 9.17) is 0 Å². The summed E-state index contributed by atoms with van der Waals surface area (Å²) in [5, 5.41) is 0. The fourth-order valence-electron chi connectivity index (χ4n) is 2.21. The fourth-order valence-corrected chi connectivity index (χ4v) is 2.21. The van der Waals surface area contributed by atoms with Crippen LogP contribution in [0.15, 0.2) is 30.3 Å². The van der Waals surface area contributed by atoms with Gasteiger partial charge in [-0.2, -0.15) is 0 Å². The number of likely N-dealkylation sites (tertiary alicyclic amines) is 1. The van der Waals surface area contributed by atoms with Gasteiger partial charge >= 0.3 is 0 Å². The summed E-state index contributed by atoms with van der Waals surface area (Å²) < 4.78 is 0. The van der Waals surface area contributed by atoms with Crippen LogP contribution in [0.4, 0.5) is 0 Å². The summed E-state index contributed by atoms with van der Waals surface area (Å²) in [5.74, 6) is 7.32. The second kappa shape index (κ2) is 5.72. The number of hydrogen-bond acceptors (Lipinski definition) is 1. The van der Waals surface area contributed by atoms with Gasteiger partial charge in [-0.3, -0.25) is 4.90 Å². The van der Waals surface area contributed by atoms with E-state index in [2.05, 4.69) is 35.8 Å². The van der Waals surface area contributed by atoms with Crippen molar-refractivity contribution in [3.05, 3.63) is 35.9 Å². The molecule has 1 nitrogen and oxygen atoms in total. The van der Waals surface area contributed by atoms with Crippen LogP contribution in [0.25, 0.3) is 0 Å². The highest BCUT2D eigenvalue weighted by atomic mass is 15.1. The quantitative estimate of drug-likeness (QED) is 0.648. The van der Waals surface area contributed by atoms with E-state index in [-0.39, 0.29) is 0 Å². The first-order valence-corrected chi connectivity index (χ1v) is 6.11. The summed E-state index contributed by atoms with van der Waals surface area (Å²) in [4.78, 5) is 2.46. The number of benzene rings is 1. The molecule has 1 aromatic rings. The highest BCUT2D eigenvalue weighted by molar-refractivity contribution is 5.33. The molecule has 1 aromatic carbocycles. The molecule has 0 spiro atoms. The molecule has 1 heteroatoms. The molecule has 1 saturated heterocycles. The lowest BCUT2D eigenvalue weighted by molar-refractivity contribution is 0.204. The Kier molecular flexibility index (Phi) is 4.02. The van der Waals surface area contributed by atoms with Gasteiger partial charge in [0.05, 0.1) is 6.54 Å². The lowest BCUT2D eigenvalue weighted by Gasteiger charge is -2.28. The van der Waals surface area contributed by atoms with E-state index < -0.39 is 0 Å². The van der Waals surface area contributed by atoms with Gasteiger partial charge in [0.25, 0.3) is 0 Å². The summed E-state index contributed by atoms with van der Waals surface area (Å²) in [7, 11) is 0. The summed E-state index contributed by atoms with van der Waals surface area (Å²) in [5.41, 5.74) is 1.12. The van der Waals surface area contributed by atoms with Crippen LogP contribution < -0.4 is 0 Å². The Bertz CT molecular complexity index is 371. The van der Waals surface area contributed by atoms with E-state index >= 15 is 0 Å². The largest absolute Gasteiger partial charge is 0.292 e. The summed E-state index contributed by atoms with van der Waals surface area (Å²) in [6.07, 6.45) is 2.71. The lowest BCUT2D eigenvalue weighted by Crippen LogP contribution is -2.34. The third-order valence-corrected chi connectivity index (χ3v) is 3.05. The molecule has 1 heterocycles. The maximum atomic E-state index is 3.27. The van der Waals surface area contributed by atoms with Crippen molar-refractivity contribution in [2.45, 2.75) is 19.8 Å². The average molecular weight is 213 g/mol. The molecule has 1 unspecified atom stereocenters. The van der Waals surface area contributed by atoms with E-state index in [1.807, 2.05) is 18.2 Å². The van der Waals surface area contributed by atoms with Gasteiger partial charge in [0.1, 0.15) is 0 Å². The number of piperidine rings is 1. The Balaban J connectivity index is 1.85. The van der Waals surface area contributed by atoms with Crippen LogP contribution in [-0.4, -0.2) is 24.5 Å². The van der Waals surface area contributed by atoms with E-state index in [1.54, 1.807) is 0 Å². The van der Waals surface area contributed by atoms with Gasteiger partial charge < -0.3 is 0 Å². The minimum atomic E-state index is 0.840. The monoisotopic (exact) mass is 213 g/mol. The predicted molar refractivity (Wildman–Crippen MR) is 68.2 cm³/mol. The Hall–Kier alpha value is -1.26. The SMILES string of the molecule is CC1CCCN(CC#Cc2ccccc2)C1. The van der Waals surface area contributed by atoms with Gasteiger partial charge in [0, 0.05) is 12.1 Å². The standard InChI is InChI=1S/C15H19N/c1-14-7-5-11-16(13-14)12-6-10-15-8-3-2-4-9-15/h2-4,8-9,14H,5,7,11-13H2,1H3. The Morgan fingerprint density at radius 3 is 2.88 bits per heavy atom. The second-order valence-electron chi connectivity index (χ2n) is 4.65. The van der Waals surface area contributed by atoms with Crippen molar-refractivity contribution < 1.29 is 0 Å². The Morgan fingerprint density at radius 1 is 1.31 bits per heavy atom. The van der Waals surface area contributed by atoms with Crippen molar-refractivity contribution >= 4 is 0 Å². The van der Waals surface area contributed by atoms with Crippen molar-refractivity contribution in [2.24, 2.45) is 5.92 Å². The molecular formula is C15H19N. The molecule has 0 N–H and O–H groups in total. The number of rotatable bonds is 1. The molecule has 0 aromatic heterocycles. The molecule has 1 aliphatic heterocycles. The van der Waals surface area contributed by atoms with E-state index in [9.17, 15) is 0 Å². The third kappa shape index (κ3) is 3.40. The molecule has 84 valence electrons. The zero-order valence-electron chi connectivity index (χ0n) is 9.95.